The minimum Gasteiger partial charge on any atom is -0.506 e. The Balaban J connectivity index is 2.07. The summed E-state index contributed by atoms with van der Waals surface area (Å²) in [5.41, 5.74) is 0.445. The van der Waals surface area contributed by atoms with E-state index in [1.165, 1.54) is 64.7 Å². The van der Waals surface area contributed by atoms with Crippen LogP contribution in [0.15, 0.2) is 60.2 Å². The van der Waals surface area contributed by atoms with Crippen LogP contribution in [0.5, 0.6) is 28.7 Å². The molecule has 1 saturated heterocycles. The molecule has 9 nitrogen and oxygen atoms in total. The molecule has 1 N–H and O–H groups in total. The molecule has 0 spiro atoms. The molecule has 1 amide bonds. The molecule has 0 aliphatic carbocycles. The number of amides is 1. The van der Waals surface area contributed by atoms with E-state index in [9.17, 15) is 19.1 Å². The van der Waals surface area contributed by atoms with Gasteiger partial charge in [-0.2, -0.15) is 0 Å². The number of hydrogen-bond donors (Lipinski definition) is 1. The maximum atomic E-state index is 13.7. The van der Waals surface area contributed by atoms with E-state index in [0.29, 0.717) is 11.3 Å². The van der Waals surface area contributed by atoms with Crippen molar-refractivity contribution in [3.8, 4) is 28.7 Å². The number of methoxy groups -OCH3 is 5. The van der Waals surface area contributed by atoms with Gasteiger partial charge in [-0.3, -0.25) is 14.5 Å². The number of ketones is 1. The van der Waals surface area contributed by atoms with E-state index in [1.807, 2.05) is 0 Å². The largest absolute Gasteiger partial charge is 0.506 e. The quantitative estimate of drug-likeness (QED) is 0.262. The number of halogens is 1. The molecule has 0 bridgehead atoms. The molecule has 0 radical (unpaired) electrons. The summed E-state index contributed by atoms with van der Waals surface area (Å²) < 4.78 is 41.0. The Hall–Kier alpha value is -4.73. The smallest absolute Gasteiger partial charge is 0.300 e. The van der Waals surface area contributed by atoms with Crippen molar-refractivity contribution in [1.29, 1.82) is 0 Å². The standard InChI is InChI=1S/C28H26FNO8/c1-34-18-7-6-8-19(35-2)22(18)25(31)23-24(15-13-20(36-3)27(38-5)21(14-15)37-4)30(28(33)26(23)32)17-11-9-16(29)10-12-17/h6-14,24,31H,1-5H3/b25-23+. The van der Waals surface area contributed by atoms with Gasteiger partial charge in [-0.1, -0.05) is 6.07 Å². The van der Waals surface area contributed by atoms with Gasteiger partial charge in [0.1, 0.15) is 28.6 Å². The number of anilines is 1. The summed E-state index contributed by atoms with van der Waals surface area (Å²) in [7, 11) is 7.10. The highest BCUT2D eigenvalue weighted by molar-refractivity contribution is 6.51. The van der Waals surface area contributed by atoms with Crippen LogP contribution in [-0.2, 0) is 9.59 Å². The first kappa shape index (κ1) is 26.3. The number of benzene rings is 3. The van der Waals surface area contributed by atoms with Gasteiger partial charge >= 0.3 is 0 Å². The zero-order valence-electron chi connectivity index (χ0n) is 21.4. The minimum atomic E-state index is -1.16. The van der Waals surface area contributed by atoms with Gasteiger partial charge in [0.15, 0.2) is 11.5 Å². The van der Waals surface area contributed by atoms with Crippen LogP contribution in [0.3, 0.4) is 0 Å². The topological polar surface area (TPSA) is 104 Å². The van der Waals surface area contributed by atoms with Gasteiger partial charge in [0.25, 0.3) is 11.7 Å². The molecule has 38 heavy (non-hydrogen) atoms. The summed E-state index contributed by atoms with van der Waals surface area (Å²) in [4.78, 5) is 28.2. The Kier molecular flexibility index (Phi) is 7.43. The number of ether oxygens (including phenoxy) is 5. The average Bonchev–Trinajstić information content (AvgIpc) is 3.21. The van der Waals surface area contributed by atoms with Crippen molar-refractivity contribution in [3.05, 3.63) is 77.1 Å². The van der Waals surface area contributed by atoms with Gasteiger partial charge in [-0.05, 0) is 54.1 Å². The molecule has 1 unspecified atom stereocenters. The summed E-state index contributed by atoms with van der Waals surface area (Å²) in [5.74, 6) is -1.65. The fourth-order valence-corrected chi connectivity index (χ4v) is 4.49. The predicted octanol–water partition coefficient (Wildman–Crippen LogP) is 4.50. The summed E-state index contributed by atoms with van der Waals surface area (Å²) >= 11 is 0. The maximum absolute atomic E-state index is 13.7. The number of hydrogen-bond acceptors (Lipinski definition) is 8. The van der Waals surface area contributed by atoms with E-state index < -0.39 is 29.3 Å². The van der Waals surface area contributed by atoms with Crippen LogP contribution in [0, 0.1) is 5.82 Å². The van der Waals surface area contributed by atoms with Gasteiger partial charge in [-0.25, -0.2) is 4.39 Å². The van der Waals surface area contributed by atoms with E-state index in [4.69, 9.17) is 23.7 Å². The number of rotatable bonds is 8. The van der Waals surface area contributed by atoms with Gasteiger partial charge in [0, 0.05) is 5.69 Å². The summed E-state index contributed by atoms with van der Waals surface area (Å²) in [6, 6.07) is 11.9. The van der Waals surface area contributed by atoms with E-state index in [1.54, 1.807) is 30.3 Å². The highest BCUT2D eigenvalue weighted by atomic mass is 19.1. The number of nitrogens with zero attached hydrogens (tertiary/aromatic N) is 1. The second kappa shape index (κ2) is 10.7. The normalized spacial score (nSPS) is 16.4. The van der Waals surface area contributed by atoms with Crippen molar-refractivity contribution in [2.45, 2.75) is 6.04 Å². The first-order valence-corrected chi connectivity index (χ1v) is 11.4. The first-order chi connectivity index (χ1) is 18.3. The minimum absolute atomic E-state index is 0.0899. The predicted molar refractivity (Wildman–Crippen MR) is 137 cm³/mol. The summed E-state index contributed by atoms with van der Waals surface area (Å²) in [5, 5.41) is 11.6. The van der Waals surface area contributed by atoms with Crippen molar-refractivity contribution < 1.29 is 42.8 Å². The Morgan fingerprint density at radius 3 is 1.79 bits per heavy atom. The summed E-state index contributed by atoms with van der Waals surface area (Å²) in [6.45, 7) is 0. The van der Waals surface area contributed by atoms with Gasteiger partial charge in [0.2, 0.25) is 5.75 Å². The van der Waals surface area contributed by atoms with Crippen LogP contribution in [0.2, 0.25) is 0 Å². The molecule has 1 aliphatic rings. The van der Waals surface area contributed by atoms with E-state index in [0.717, 1.165) is 0 Å². The van der Waals surface area contributed by atoms with Crippen LogP contribution >= 0.6 is 0 Å². The molecule has 3 aromatic rings. The third-order valence-electron chi connectivity index (χ3n) is 6.22. The second-order valence-corrected chi connectivity index (χ2v) is 8.14. The molecule has 198 valence electrons. The molecule has 1 fully saturated rings. The zero-order chi connectivity index (χ0) is 27.6. The first-order valence-electron chi connectivity index (χ1n) is 11.4. The highest BCUT2D eigenvalue weighted by Crippen LogP contribution is 2.48. The van der Waals surface area contributed by atoms with E-state index in [-0.39, 0.29) is 39.8 Å². The molecular weight excluding hydrogens is 497 g/mol. The van der Waals surface area contributed by atoms with Crippen molar-refractivity contribution in [3.63, 3.8) is 0 Å². The van der Waals surface area contributed by atoms with Crippen LogP contribution in [-0.4, -0.2) is 52.3 Å². The Morgan fingerprint density at radius 2 is 1.32 bits per heavy atom. The molecular formula is C28H26FNO8. The maximum Gasteiger partial charge on any atom is 0.300 e. The van der Waals surface area contributed by atoms with Crippen LogP contribution in [0.25, 0.3) is 5.76 Å². The summed E-state index contributed by atoms with van der Waals surface area (Å²) in [6.07, 6.45) is 0. The van der Waals surface area contributed by atoms with Crippen LogP contribution in [0.4, 0.5) is 10.1 Å². The Bertz CT molecular complexity index is 1370. The van der Waals surface area contributed by atoms with E-state index >= 15 is 0 Å². The fraction of sp³-hybridized carbons (Fsp3) is 0.214. The molecule has 4 rings (SSSR count). The number of aliphatic hydroxyl groups is 1. The van der Waals surface area contributed by atoms with Crippen molar-refractivity contribution in [1.82, 2.24) is 0 Å². The lowest BCUT2D eigenvalue weighted by Gasteiger charge is -2.27. The molecule has 1 heterocycles. The number of aliphatic hydroxyl groups excluding tert-OH is 1. The lowest BCUT2D eigenvalue weighted by molar-refractivity contribution is -0.132. The van der Waals surface area contributed by atoms with Crippen LogP contribution in [0.1, 0.15) is 17.2 Å². The number of Topliss-reactive ketones (excluding diaryl/α,β-unsaturated/α-hetero) is 1. The van der Waals surface area contributed by atoms with Crippen molar-refractivity contribution >= 4 is 23.1 Å². The lowest BCUT2D eigenvalue weighted by Crippen LogP contribution is -2.29. The number of carbonyl (C=O) groups is 2. The molecule has 3 aromatic carbocycles. The van der Waals surface area contributed by atoms with E-state index in [2.05, 4.69) is 0 Å². The molecule has 1 atom stereocenters. The van der Waals surface area contributed by atoms with Crippen LogP contribution < -0.4 is 28.6 Å². The van der Waals surface area contributed by atoms with Crippen molar-refractivity contribution in [2.24, 2.45) is 0 Å². The third kappa shape index (κ3) is 4.34. The Labute approximate surface area is 218 Å². The van der Waals surface area contributed by atoms with Gasteiger partial charge in [0.05, 0.1) is 47.2 Å². The zero-order valence-corrected chi connectivity index (χ0v) is 21.4. The highest BCUT2D eigenvalue weighted by Gasteiger charge is 2.48. The average molecular weight is 524 g/mol. The SMILES string of the molecule is COc1cc(C2/C(=C(\O)c3c(OC)cccc3OC)C(=O)C(=O)N2c2ccc(F)cc2)cc(OC)c1OC. The number of carbonyl (C=O) groups excluding carboxylic acids is 2. The Morgan fingerprint density at radius 1 is 0.789 bits per heavy atom. The lowest BCUT2D eigenvalue weighted by atomic mass is 9.94. The molecule has 10 heteroatoms. The molecule has 0 saturated carbocycles. The fourth-order valence-electron chi connectivity index (χ4n) is 4.49. The monoisotopic (exact) mass is 523 g/mol. The third-order valence-corrected chi connectivity index (χ3v) is 6.22. The molecule has 1 aliphatic heterocycles. The molecule has 0 aromatic heterocycles. The van der Waals surface area contributed by atoms with Gasteiger partial charge in [-0.15, -0.1) is 0 Å². The van der Waals surface area contributed by atoms with Crippen molar-refractivity contribution in [2.75, 3.05) is 40.4 Å². The second-order valence-electron chi connectivity index (χ2n) is 8.14. The van der Waals surface area contributed by atoms with Gasteiger partial charge < -0.3 is 28.8 Å².